The van der Waals surface area contributed by atoms with Gasteiger partial charge in [0.2, 0.25) is 0 Å². The summed E-state index contributed by atoms with van der Waals surface area (Å²) in [6.45, 7) is 7.11. The molecule has 1 unspecified atom stereocenters. The summed E-state index contributed by atoms with van der Waals surface area (Å²) in [5.41, 5.74) is 2.99. The molecule has 0 saturated heterocycles. The van der Waals surface area contributed by atoms with Gasteiger partial charge in [-0.2, -0.15) is 0 Å². The zero-order valence-electron chi connectivity index (χ0n) is 15.0. The Hall–Kier alpha value is -2.15. The molecule has 0 aliphatic carbocycles. The Labute approximate surface area is 153 Å². The fourth-order valence-electron chi connectivity index (χ4n) is 2.88. The van der Waals surface area contributed by atoms with Crippen LogP contribution in [0.3, 0.4) is 0 Å². The van der Waals surface area contributed by atoms with Crippen molar-refractivity contribution in [3.8, 4) is 11.8 Å². The van der Waals surface area contributed by atoms with E-state index < -0.39 is 0 Å². The lowest BCUT2D eigenvalue weighted by Crippen LogP contribution is -2.11. The van der Waals surface area contributed by atoms with Gasteiger partial charge in [0.15, 0.2) is 0 Å². The third-order valence-corrected chi connectivity index (χ3v) is 5.55. The lowest BCUT2D eigenvalue weighted by Gasteiger charge is -2.13. The van der Waals surface area contributed by atoms with Gasteiger partial charge in [-0.1, -0.05) is 25.8 Å². The molecule has 3 rings (SSSR count). The first-order chi connectivity index (χ1) is 12.1. The Bertz CT molecular complexity index is 974. The second kappa shape index (κ2) is 7.82. The van der Waals surface area contributed by atoms with E-state index in [2.05, 4.69) is 55.2 Å². The molecule has 1 heterocycles. The highest BCUT2D eigenvalue weighted by Gasteiger charge is 2.11. The number of hydrogen-bond acceptors (Lipinski definition) is 3. The summed E-state index contributed by atoms with van der Waals surface area (Å²) < 4.78 is 8.30. The molecule has 0 saturated carbocycles. The molecule has 1 atom stereocenters. The molecule has 25 heavy (non-hydrogen) atoms. The predicted octanol–water partition coefficient (Wildman–Crippen LogP) is 5.98. The molecule has 0 aliphatic rings. The van der Waals surface area contributed by atoms with E-state index >= 15 is 0 Å². The van der Waals surface area contributed by atoms with Gasteiger partial charge in [-0.3, -0.25) is 0 Å². The van der Waals surface area contributed by atoms with Crippen molar-refractivity contribution in [2.45, 2.75) is 33.1 Å². The van der Waals surface area contributed by atoms with Crippen LogP contribution in [-0.4, -0.2) is 18.9 Å². The first-order valence-corrected chi connectivity index (χ1v) is 9.47. The third kappa shape index (κ3) is 3.92. The molecule has 1 N–H and O–H groups in total. The number of fused-ring (bicyclic) bond motifs is 3. The number of benzene rings is 2. The Morgan fingerprint density at radius 3 is 2.60 bits per heavy atom. The molecule has 1 aromatic heterocycles. The van der Waals surface area contributed by atoms with E-state index in [1.165, 1.54) is 25.7 Å². The van der Waals surface area contributed by atoms with Crippen molar-refractivity contribution in [2.24, 2.45) is 0 Å². The maximum Gasteiger partial charge on any atom is 0.0841 e. The molecule has 0 radical (unpaired) electrons. The number of hydrogen-bond donors (Lipinski definition) is 1. The highest BCUT2D eigenvalue weighted by molar-refractivity contribution is 7.25. The third-order valence-electron chi connectivity index (χ3n) is 4.40. The van der Waals surface area contributed by atoms with Gasteiger partial charge in [0.05, 0.1) is 13.2 Å². The standard InChI is InChI=1S/C22H23NOS/c1-4-6-16-7-9-21-19(11-16)20-12-17(8-10-22(20)25-21)15(3)13-24-14-18(23)5-2/h7-12,15,23H,5,13-14H2,1-3H3. The molecular formula is C22H23NOS. The van der Waals surface area contributed by atoms with E-state index in [9.17, 15) is 0 Å². The number of ether oxygens (including phenoxy) is 1. The van der Waals surface area contributed by atoms with Crippen molar-refractivity contribution in [2.75, 3.05) is 13.2 Å². The minimum atomic E-state index is 0.308. The molecule has 0 spiro atoms. The number of rotatable bonds is 6. The van der Waals surface area contributed by atoms with Crippen LogP contribution in [-0.2, 0) is 4.74 Å². The molecule has 3 aromatic rings. The summed E-state index contributed by atoms with van der Waals surface area (Å²) in [5.74, 6) is 6.43. The van der Waals surface area contributed by atoms with Gasteiger partial charge in [0, 0.05) is 37.4 Å². The zero-order chi connectivity index (χ0) is 17.8. The van der Waals surface area contributed by atoms with E-state index in [-0.39, 0.29) is 0 Å². The van der Waals surface area contributed by atoms with Gasteiger partial charge in [-0.25, -0.2) is 0 Å². The van der Waals surface area contributed by atoms with E-state index in [1.807, 2.05) is 25.2 Å². The van der Waals surface area contributed by atoms with Crippen molar-refractivity contribution < 1.29 is 4.74 Å². The van der Waals surface area contributed by atoms with Crippen LogP contribution in [0.25, 0.3) is 20.2 Å². The predicted molar refractivity (Wildman–Crippen MR) is 109 cm³/mol. The SMILES string of the molecule is CC#Cc1ccc2sc3ccc(C(C)COCC(=N)CC)cc3c2c1. The van der Waals surface area contributed by atoms with Crippen molar-refractivity contribution >= 4 is 37.2 Å². The number of thiophene rings is 1. The Morgan fingerprint density at radius 1 is 1.16 bits per heavy atom. The van der Waals surface area contributed by atoms with Crippen LogP contribution in [0.5, 0.6) is 0 Å². The quantitative estimate of drug-likeness (QED) is 0.431. The minimum Gasteiger partial charge on any atom is -0.375 e. The molecule has 0 amide bonds. The maximum absolute atomic E-state index is 7.68. The van der Waals surface area contributed by atoms with Crippen LogP contribution in [0, 0.1) is 17.3 Å². The second-order valence-corrected chi connectivity index (χ2v) is 7.40. The smallest absolute Gasteiger partial charge is 0.0841 e. The molecule has 3 heteroatoms. The van der Waals surface area contributed by atoms with Crippen LogP contribution in [0.2, 0.25) is 0 Å². The summed E-state index contributed by atoms with van der Waals surface area (Å²) in [6, 6.07) is 13.2. The second-order valence-electron chi connectivity index (χ2n) is 6.32. The van der Waals surface area contributed by atoms with Crippen molar-refractivity contribution in [3.05, 3.63) is 47.5 Å². The van der Waals surface area contributed by atoms with Crippen LogP contribution < -0.4 is 0 Å². The van der Waals surface area contributed by atoms with Crippen molar-refractivity contribution in [3.63, 3.8) is 0 Å². The van der Waals surface area contributed by atoms with Crippen molar-refractivity contribution in [1.29, 1.82) is 5.41 Å². The molecule has 2 aromatic carbocycles. The molecule has 0 aliphatic heterocycles. The molecule has 0 bridgehead atoms. The first-order valence-electron chi connectivity index (χ1n) is 8.65. The fraction of sp³-hybridized carbons (Fsp3) is 0.318. The average molecular weight is 349 g/mol. The summed E-state index contributed by atoms with van der Waals surface area (Å²) in [4.78, 5) is 0. The maximum atomic E-state index is 7.68. The Kier molecular flexibility index (Phi) is 5.53. The lowest BCUT2D eigenvalue weighted by atomic mass is 9.99. The summed E-state index contributed by atoms with van der Waals surface area (Å²) >= 11 is 1.83. The van der Waals surface area contributed by atoms with Gasteiger partial charge < -0.3 is 10.1 Å². The zero-order valence-corrected chi connectivity index (χ0v) is 15.8. The molecule has 2 nitrogen and oxygen atoms in total. The van der Waals surface area contributed by atoms with E-state index in [0.717, 1.165) is 12.0 Å². The Balaban J connectivity index is 1.89. The first kappa shape index (κ1) is 17.7. The van der Waals surface area contributed by atoms with E-state index in [0.29, 0.717) is 24.8 Å². The summed E-state index contributed by atoms with van der Waals surface area (Å²) in [5, 5.41) is 10.3. The fourth-order valence-corrected chi connectivity index (χ4v) is 3.95. The van der Waals surface area contributed by atoms with Crippen LogP contribution >= 0.6 is 11.3 Å². The summed E-state index contributed by atoms with van der Waals surface area (Å²) in [7, 11) is 0. The molecule has 0 fully saturated rings. The monoisotopic (exact) mass is 349 g/mol. The lowest BCUT2D eigenvalue weighted by molar-refractivity contribution is 0.157. The minimum absolute atomic E-state index is 0.308. The van der Waals surface area contributed by atoms with Gasteiger partial charge in [0.1, 0.15) is 0 Å². The van der Waals surface area contributed by atoms with Gasteiger partial charge in [-0.05, 0) is 49.2 Å². The average Bonchev–Trinajstić information content (AvgIpc) is 2.99. The van der Waals surface area contributed by atoms with Crippen LogP contribution in [0.1, 0.15) is 44.2 Å². The molecule has 128 valence electrons. The Morgan fingerprint density at radius 2 is 1.88 bits per heavy atom. The normalized spacial score (nSPS) is 12.1. The van der Waals surface area contributed by atoms with Crippen LogP contribution in [0.4, 0.5) is 0 Å². The molecular weight excluding hydrogens is 326 g/mol. The number of nitrogens with one attached hydrogen (secondary N) is 1. The summed E-state index contributed by atoms with van der Waals surface area (Å²) in [6.07, 6.45) is 0.754. The van der Waals surface area contributed by atoms with Crippen molar-refractivity contribution in [1.82, 2.24) is 0 Å². The highest BCUT2D eigenvalue weighted by atomic mass is 32.1. The van der Waals surface area contributed by atoms with Gasteiger partial charge >= 0.3 is 0 Å². The van der Waals surface area contributed by atoms with E-state index in [4.69, 9.17) is 10.1 Å². The topological polar surface area (TPSA) is 33.1 Å². The highest BCUT2D eigenvalue weighted by Crippen LogP contribution is 2.36. The van der Waals surface area contributed by atoms with E-state index in [1.54, 1.807) is 0 Å². The van der Waals surface area contributed by atoms with Crippen LogP contribution in [0.15, 0.2) is 36.4 Å². The van der Waals surface area contributed by atoms with Gasteiger partial charge in [-0.15, -0.1) is 17.3 Å². The largest absolute Gasteiger partial charge is 0.375 e. The van der Waals surface area contributed by atoms with Gasteiger partial charge in [0.25, 0.3) is 0 Å².